The van der Waals surface area contributed by atoms with Gasteiger partial charge in [0.25, 0.3) is 0 Å². The zero-order valence-electron chi connectivity index (χ0n) is 13.2. The van der Waals surface area contributed by atoms with Crippen molar-refractivity contribution in [1.82, 2.24) is 14.5 Å². The Labute approximate surface area is 131 Å². The number of aromatic nitrogens is 2. The van der Waals surface area contributed by atoms with Crippen molar-refractivity contribution < 1.29 is 4.74 Å². The van der Waals surface area contributed by atoms with Gasteiger partial charge in [-0.2, -0.15) is 0 Å². The number of benzene rings is 1. The van der Waals surface area contributed by atoms with Gasteiger partial charge in [-0.3, -0.25) is 0 Å². The monoisotopic (exact) mass is 307 g/mol. The molecule has 0 atom stereocenters. The zero-order chi connectivity index (χ0) is 15.2. The van der Waals surface area contributed by atoms with Gasteiger partial charge in [0.1, 0.15) is 11.3 Å². The van der Waals surface area contributed by atoms with Crippen LogP contribution >= 0.6 is 12.2 Å². The number of nitrogens with zero attached hydrogens (tertiary/aromatic N) is 2. The summed E-state index contributed by atoms with van der Waals surface area (Å²) in [6, 6.07) is 6.10. The van der Waals surface area contributed by atoms with Crippen LogP contribution in [-0.4, -0.2) is 40.7 Å². The van der Waals surface area contributed by atoms with E-state index in [1.54, 1.807) is 0 Å². The summed E-state index contributed by atoms with van der Waals surface area (Å²) < 4.78 is 8.61. The molecule has 1 aromatic carbocycles. The van der Waals surface area contributed by atoms with Crippen molar-refractivity contribution in [3.63, 3.8) is 0 Å². The average molecular weight is 307 g/mol. The lowest BCUT2D eigenvalue weighted by Gasteiger charge is -2.19. The third kappa shape index (κ3) is 3.66. The van der Waals surface area contributed by atoms with Crippen LogP contribution in [-0.2, 0) is 6.54 Å². The highest BCUT2D eigenvalue weighted by Gasteiger charge is 2.10. The third-order valence-electron chi connectivity index (χ3n) is 3.70. The van der Waals surface area contributed by atoms with Crippen molar-refractivity contribution in [3.8, 4) is 5.75 Å². The highest BCUT2D eigenvalue weighted by molar-refractivity contribution is 7.71. The minimum absolute atomic E-state index is 0.658. The number of aromatic amines is 1. The van der Waals surface area contributed by atoms with Crippen molar-refractivity contribution in [1.29, 1.82) is 0 Å². The second-order valence-corrected chi connectivity index (χ2v) is 5.49. The van der Waals surface area contributed by atoms with Gasteiger partial charge in [0.15, 0.2) is 4.77 Å². The minimum Gasteiger partial charge on any atom is -0.492 e. The molecule has 0 aliphatic rings. The Morgan fingerprint density at radius 2 is 2.05 bits per heavy atom. The maximum atomic E-state index is 5.67. The van der Waals surface area contributed by atoms with E-state index in [9.17, 15) is 0 Å². The molecule has 0 saturated carbocycles. The Hall–Kier alpha value is -1.33. The molecule has 21 heavy (non-hydrogen) atoms. The Bertz CT molecular complexity index is 632. The molecule has 5 heteroatoms. The SMILES string of the molecule is CCCN(CC)CCn1c(=S)[nH]c2c(OCC)cccc21. The van der Waals surface area contributed by atoms with Crippen LogP contribution in [0.4, 0.5) is 0 Å². The fourth-order valence-electron chi connectivity index (χ4n) is 2.64. The van der Waals surface area contributed by atoms with E-state index in [0.717, 1.165) is 47.7 Å². The van der Waals surface area contributed by atoms with Crippen LogP contribution < -0.4 is 4.74 Å². The van der Waals surface area contributed by atoms with Crippen LogP contribution in [0.15, 0.2) is 18.2 Å². The average Bonchev–Trinajstić information content (AvgIpc) is 2.81. The van der Waals surface area contributed by atoms with Crippen LogP contribution in [0.5, 0.6) is 5.75 Å². The fraction of sp³-hybridized carbons (Fsp3) is 0.562. The number of likely N-dealkylation sites (N-methyl/N-ethyl adjacent to an activating group) is 1. The molecule has 0 spiro atoms. The predicted molar refractivity (Wildman–Crippen MR) is 90.7 cm³/mol. The largest absolute Gasteiger partial charge is 0.492 e. The van der Waals surface area contributed by atoms with E-state index < -0.39 is 0 Å². The van der Waals surface area contributed by atoms with Crippen LogP contribution in [0.2, 0.25) is 0 Å². The number of imidazole rings is 1. The molecule has 0 radical (unpaired) electrons. The highest BCUT2D eigenvalue weighted by Crippen LogP contribution is 2.24. The first-order valence-electron chi connectivity index (χ1n) is 7.77. The number of ether oxygens (including phenoxy) is 1. The maximum Gasteiger partial charge on any atom is 0.178 e. The van der Waals surface area contributed by atoms with Gasteiger partial charge in [-0.15, -0.1) is 0 Å². The molecule has 1 heterocycles. The first-order valence-corrected chi connectivity index (χ1v) is 8.18. The molecule has 4 nitrogen and oxygen atoms in total. The molecule has 116 valence electrons. The van der Waals surface area contributed by atoms with E-state index in [0.29, 0.717) is 6.61 Å². The molecule has 0 unspecified atom stereocenters. The van der Waals surface area contributed by atoms with Crippen molar-refractivity contribution in [2.24, 2.45) is 0 Å². The first kappa shape index (κ1) is 16.0. The zero-order valence-corrected chi connectivity index (χ0v) is 14.0. The van der Waals surface area contributed by atoms with Crippen molar-refractivity contribution in [2.45, 2.75) is 33.7 Å². The van der Waals surface area contributed by atoms with Crippen LogP contribution in [0, 0.1) is 4.77 Å². The summed E-state index contributed by atoms with van der Waals surface area (Å²) in [6.45, 7) is 11.2. The van der Waals surface area contributed by atoms with Gasteiger partial charge in [-0.25, -0.2) is 0 Å². The topological polar surface area (TPSA) is 33.2 Å². The van der Waals surface area contributed by atoms with E-state index >= 15 is 0 Å². The van der Waals surface area contributed by atoms with Crippen LogP contribution in [0.3, 0.4) is 0 Å². The molecule has 0 bridgehead atoms. The van der Waals surface area contributed by atoms with Gasteiger partial charge in [-0.1, -0.05) is 19.9 Å². The molecule has 0 fully saturated rings. The van der Waals surface area contributed by atoms with E-state index in [2.05, 4.69) is 34.4 Å². The summed E-state index contributed by atoms with van der Waals surface area (Å²) in [7, 11) is 0. The molecule has 1 aromatic heterocycles. The minimum atomic E-state index is 0.658. The van der Waals surface area contributed by atoms with E-state index in [-0.39, 0.29) is 0 Å². The molecule has 2 aromatic rings. The Kier molecular flexibility index (Phi) is 5.82. The summed E-state index contributed by atoms with van der Waals surface area (Å²) >= 11 is 5.48. The van der Waals surface area contributed by atoms with Gasteiger partial charge in [-0.05, 0) is 50.8 Å². The van der Waals surface area contributed by atoms with Gasteiger partial charge >= 0.3 is 0 Å². The van der Waals surface area contributed by atoms with Crippen molar-refractivity contribution in [2.75, 3.05) is 26.2 Å². The summed E-state index contributed by atoms with van der Waals surface area (Å²) in [5.41, 5.74) is 2.13. The summed E-state index contributed by atoms with van der Waals surface area (Å²) in [5, 5.41) is 0. The van der Waals surface area contributed by atoms with Crippen molar-refractivity contribution in [3.05, 3.63) is 23.0 Å². The van der Waals surface area contributed by atoms with Gasteiger partial charge in [0, 0.05) is 13.1 Å². The number of fused-ring (bicyclic) bond motifs is 1. The highest BCUT2D eigenvalue weighted by atomic mass is 32.1. The van der Waals surface area contributed by atoms with Crippen LogP contribution in [0.1, 0.15) is 27.2 Å². The first-order chi connectivity index (χ1) is 10.2. The quantitative estimate of drug-likeness (QED) is 0.752. The maximum absolute atomic E-state index is 5.67. The number of hydrogen-bond acceptors (Lipinski definition) is 3. The number of hydrogen-bond donors (Lipinski definition) is 1. The summed E-state index contributed by atoms with van der Waals surface area (Å²) in [4.78, 5) is 5.74. The summed E-state index contributed by atoms with van der Waals surface area (Å²) in [6.07, 6.45) is 1.18. The molecule has 0 saturated heterocycles. The summed E-state index contributed by atoms with van der Waals surface area (Å²) in [5.74, 6) is 0.876. The normalized spacial score (nSPS) is 11.4. The van der Waals surface area contributed by atoms with E-state index in [1.807, 2.05) is 19.1 Å². The van der Waals surface area contributed by atoms with E-state index in [1.165, 1.54) is 6.42 Å². The van der Waals surface area contributed by atoms with Crippen LogP contribution in [0.25, 0.3) is 11.0 Å². The molecular weight excluding hydrogens is 282 g/mol. The molecule has 1 N–H and O–H groups in total. The lowest BCUT2D eigenvalue weighted by molar-refractivity contribution is 0.277. The lowest BCUT2D eigenvalue weighted by atomic mass is 10.3. The molecule has 2 rings (SSSR count). The number of para-hydroxylation sites is 1. The second kappa shape index (κ2) is 7.61. The van der Waals surface area contributed by atoms with Gasteiger partial charge in [0.2, 0.25) is 0 Å². The predicted octanol–water partition coefficient (Wildman–Crippen LogP) is 3.83. The lowest BCUT2D eigenvalue weighted by Crippen LogP contribution is -2.28. The Balaban J connectivity index is 2.26. The van der Waals surface area contributed by atoms with Gasteiger partial charge < -0.3 is 19.2 Å². The standard InChI is InChI=1S/C16H25N3OS/c1-4-10-18(5-2)11-12-19-13-8-7-9-14(20-6-3)15(13)17-16(19)21/h7-9H,4-6,10-12H2,1-3H3,(H,17,21). The second-order valence-electron chi connectivity index (χ2n) is 5.10. The Morgan fingerprint density at radius 3 is 2.71 bits per heavy atom. The third-order valence-corrected chi connectivity index (χ3v) is 4.02. The van der Waals surface area contributed by atoms with Gasteiger partial charge in [0.05, 0.1) is 12.1 Å². The molecule has 0 aliphatic heterocycles. The fourth-order valence-corrected chi connectivity index (χ4v) is 2.93. The molecule has 0 aliphatic carbocycles. The molecular formula is C16H25N3OS. The number of rotatable bonds is 8. The number of H-pyrrole nitrogens is 1. The van der Waals surface area contributed by atoms with E-state index in [4.69, 9.17) is 17.0 Å². The van der Waals surface area contributed by atoms with Crippen molar-refractivity contribution >= 4 is 23.3 Å². The molecule has 0 amide bonds. The number of nitrogens with one attached hydrogen (secondary N) is 1. The Morgan fingerprint density at radius 1 is 1.24 bits per heavy atom. The smallest absolute Gasteiger partial charge is 0.178 e.